The summed E-state index contributed by atoms with van der Waals surface area (Å²) in [7, 11) is 0. The van der Waals surface area contributed by atoms with Crippen LogP contribution in [0.5, 0.6) is 5.75 Å². The van der Waals surface area contributed by atoms with E-state index in [0.717, 1.165) is 31.0 Å². The fraction of sp³-hybridized carbons (Fsp3) is 0.526. The number of unbranched alkanes of at least 4 members (excludes halogenated alkanes) is 9. The van der Waals surface area contributed by atoms with Gasteiger partial charge in [-0.15, -0.1) is 0 Å². The average molecular weight is 541 g/mol. The minimum atomic E-state index is 0.397. The molecule has 40 heavy (non-hydrogen) atoms. The molecule has 1 fully saturated rings. The number of rotatable bonds is 16. The van der Waals surface area contributed by atoms with Gasteiger partial charge in [0.25, 0.3) is 0 Å². The lowest BCUT2D eigenvalue weighted by atomic mass is 9.90. The Kier molecular flexibility index (Phi) is 13.0. The lowest BCUT2D eigenvalue weighted by Crippen LogP contribution is -2.16. The van der Waals surface area contributed by atoms with Gasteiger partial charge in [-0.2, -0.15) is 0 Å². The van der Waals surface area contributed by atoms with Crippen LogP contribution in [0.25, 0.3) is 16.7 Å². The molecule has 0 heterocycles. The summed E-state index contributed by atoms with van der Waals surface area (Å²) in [6, 6.07) is 17.3. The van der Waals surface area contributed by atoms with Crippen molar-refractivity contribution in [2.24, 2.45) is 0 Å². The molecule has 2 nitrogen and oxygen atoms in total. The number of benzene rings is 2. The minimum Gasteiger partial charge on any atom is -0.495 e. The largest absolute Gasteiger partial charge is 0.495 e. The first-order valence-corrected chi connectivity index (χ1v) is 16.3. The molecule has 2 heteroatoms. The summed E-state index contributed by atoms with van der Waals surface area (Å²) < 4.78 is 12.6. The van der Waals surface area contributed by atoms with Gasteiger partial charge in [-0.3, -0.25) is 0 Å². The van der Waals surface area contributed by atoms with Crippen LogP contribution in [0.2, 0.25) is 0 Å². The molecule has 0 amide bonds. The zero-order valence-electron chi connectivity index (χ0n) is 25.3. The number of allylic oxidation sites excluding steroid dienone is 6. The lowest BCUT2D eigenvalue weighted by molar-refractivity contribution is 0.0819. The molecule has 0 atom stereocenters. The van der Waals surface area contributed by atoms with Crippen molar-refractivity contribution >= 4 is 5.57 Å². The Bertz CT molecular complexity index is 1100. The Morgan fingerprint density at radius 3 is 2.12 bits per heavy atom. The van der Waals surface area contributed by atoms with Crippen LogP contribution in [0.15, 0.2) is 78.1 Å². The summed E-state index contributed by atoms with van der Waals surface area (Å²) in [6.07, 6.45) is 28.0. The maximum Gasteiger partial charge on any atom is 0.119 e. The van der Waals surface area contributed by atoms with Gasteiger partial charge in [0.2, 0.25) is 0 Å². The van der Waals surface area contributed by atoms with Crippen molar-refractivity contribution in [2.45, 2.75) is 123 Å². The van der Waals surface area contributed by atoms with Gasteiger partial charge < -0.3 is 9.47 Å². The summed E-state index contributed by atoms with van der Waals surface area (Å²) >= 11 is 0. The Morgan fingerprint density at radius 2 is 1.45 bits per heavy atom. The minimum absolute atomic E-state index is 0.397. The first-order valence-electron chi connectivity index (χ1n) is 16.3. The molecule has 0 aliphatic heterocycles. The van der Waals surface area contributed by atoms with Crippen LogP contribution in [-0.4, -0.2) is 12.7 Å². The highest BCUT2D eigenvalue weighted by atomic mass is 16.5. The summed E-state index contributed by atoms with van der Waals surface area (Å²) in [6.45, 7) is 5.22. The van der Waals surface area contributed by atoms with Crippen LogP contribution in [0.4, 0.5) is 0 Å². The molecular formula is C38H52O2. The highest BCUT2D eigenvalue weighted by molar-refractivity contribution is 5.87. The summed E-state index contributed by atoms with van der Waals surface area (Å²) in [5.74, 6) is 2.06. The van der Waals surface area contributed by atoms with Crippen molar-refractivity contribution in [3.8, 4) is 16.9 Å². The van der Waals surface area contributed by atoms with E-state index >= 15 is 0 Å². The van der Waals surface area contributed by atoms with E-state index in [1.807, 2.05) is 0 Å². The van der Waals surface area contributed by atoms with E-state index in [1.54, 1.807) is 0 Å². The molecule has 0 aromatic heterocycles. The molecule has 0 radical (unpaired) electrons. The molecule has 2 aliphatic rings. The van der Waals surface area contributed by atoms with E-state index in [0.29, 0.717) is 6.10 Å². The van der Waals surface area contributed by atoms with E-state index in [1.165, 1.54) is 118 Å². The van der Waals surface area contributed by atoms with Crippen molar-refractivity contribution in [1.29, 1.82) is 0 Å². The second-order valence-corrected chi connectivity index (χ2v) is 11.8. The van der Waals surface area contributed by atoms with Gasteiger partial charge in [0.15, 0.2) is 0 Å². The fourth-order valence-electron chi connectivity index (χ4n) is 6.02. The second-order valence-electron chi connectivity index (χ2n) is 11.8. The standard InChI is InChI=1S/C38H52O2/c1-3-4-5-6-7-8-9-10-11-18-29-39-36-27-28-37(33-19-14-12-15-20-33)38(30-36)34-25-23-32(24-26-34)31(2)40-35-21-16-13-17-22-35/h12,14-15,19-20,23,25-28,30,35H,3-11,13,16-18,21-22,24,29H2,1-2H3/b32-31-. The Labute approximate surface area is 244 Å². The van der Waals surface area contributed by atoms with Crippen molar-refractivity contribution in [1.82, 2.24) is 0 Å². The van der Waals surface area contributed by atoms with Gasteiger partial charge >= 0.3 is 0 Å². The molecule has 1 saturated carbocycles. The SMILES string of the molecule is CCCCCCCCCCCCOc1ccc(-c2ccccc2)c(C2=CC/C(=C(/C)OC3CCCCC3)C=C2)c1. The highest BCUT2D eigenvalue weighted by Gasteiger charge is 2.17. The first-order chi connectivity index (χ1) is 19.7. The van der Waals surface area contributed by atoms with E-state index in [9.17, 15) is 0 Å². The quantitative estimate of drug-likeness (QED) is 0.156. The molecule has 0 spiro atoms. The Hall–Kier alpha value is -2.74. The van der Waals surface area contributed by atoms with Crippen LogP contribution >= 0.6 is 0 Å². The van der Waals surface area contributed by atoms with Crippen molar-refractivity contribution in [3.05, 3.63) is 83.7 Å². The van der Waals surface area contributed by atoms with Gasteiger partial charge in [-0.1, -0.05) is 126 Å². The van der Waals surface area contributed by atoms with E-state index < -0.39 is 0 Å². The fourth-order valence-corrected chi connectivity index (χ4v) is 6.02. The molecule has 2 aromatic rings. The molecule has 2 aromatic carbocycles. The van der Waals surface area contributed by atoms with Gasteiger partial charge in [-0.25, -0.2) is 0 Å². The average Bonchev–Trinajstić information content (AvgIpc) is 3.01. The van der Waals surface area contributed by atoms with Crippen LogP contribution in [0, 0.1) is 0 Å². The molecule has 0 saturated heterocycles. The molecule has 2 aliphatic carbocycles. The van der Waals surface area contributed by atoms with Crippen LogP contribution < -0.4 is 4.74 Å². The van der Waals surface area contributed by atoms with E-state index in [-0.39, 0.29) is 0 Å². The second kappa shape index (κ2) is 17.2. The maximum absolute atomic E-state index is 6.37. The Balaban J connectivity index is 1.33. The maximum atomic E-state index is 6.37. The molecule has 0 N–H and O–H groups in total. The molecule has 4 rings (SSSR count). The van der Waals surface area contributed by atoms with Gasteiger partial charge in [-0.05, 0) is 85.4 Å². The zero-order valence-corrected chi connectivity index (χ0v) is 25.3. The van der Waals surface area contributed by atoms with Crippen LogP contribution in [-0.2, 0) is 4.74 Å². The first kappa shape index (κ1) is 30.2. The predicted molar refractivity (Wildman–Crippen MR) is 172 cm³/mol. The summed E-state index contributed by atoms with van der Waals surface area (Å²) in [5, 5.41) is 0. The third kappa shape index (κ3) is 9.72. The normalized spacial score (nSPS) is 17.0. The highest BCUT2D eigenvalue weighted by Crippen LogP contribution is 2.36. The Morgan fingerprint density at radius 1 is 0.750 bits per heavy atom. The number of hydrogen-bond acceptors (Lipinski definition) is 2. The third-order valence-corrected chi connectivity index (χ3v) is 8.51. The molecular weight excluding hydrogens is 488 g/mol. The number of hydrogen-bond donors (Lipinski definition) is 0. The zero-order chi connectivity index (χ0) is 27.8. The molecule has 0 bridgehead atoms. The van der Waals surface area contributed by atoms with E-state index in [2.05, 4.69) is 80.6 Å². The number of ether oxygens (including phenoxy) is 2. The monoisotopic (exact) mass is 540 g/mol. The predicted octanol–water partition coefficient (Wildman–Crippen LogP) is 11.6. The summed E-state index contributed by atoms with van der Waals surface area (Å²) in [5.41, 5.74) is 6.30. The van der Waals surface area contributed by atoms with E-state index in [4.69, 9.17) is 9.47 Å². The van der Waals surface area contributed by atoms with Gasteiger partial charge in [0, 0.05) is 0 Å². The van der Waals surface area contributed by atoms with Crippen LogP contribution in [0.3, 0.4) is 0 Å². The van der Waals surface area contributed by atoms with Crippen molar-refractivity contribution in [3.63, 3.8) is 0 Å². The van der Waals surface area contributed by atoms with Gasteiger partial charge in [0.05, 0.1) is 18.5 Å². The topological polar surface area (TPSA) is 18.5 Å². The van der Waals surface area contributed by atoms with Crippen LogP contribution in [0.1, 0.15) is 122 Å². The molecule has 216 valence electrons. The molecule has 0 unspecified atom stereocenters. The van der Waals surface area contributed by atoms with Gasteiger partial charge in [0.1, 0.15) is 5.75 Å². The van der Waals surface area contributed by atoms with Crippen molar-refractivity contribution in [2.75, 3.05) is 6.61 Å². The third-order valence-electron chi connectivity index (χ3n) is 8.51. The van der Waals surface area contributed by atoms with Crippen molar-refractivity contribution < 1.29 is 9.47 Å². The smallest absolute Gasteiger partial charge is 0.119 e. The summed E-state index contributed by atoms with van der Waals surface area (Å²) in [4.78, 5) is 0. The lowest BCUT2D eigenvalue weighted by Gasteiger charge is -2.25.